The molecule has 0 radical (unpaired) electrons. The van der Waals surface area contributed by atoms with E-state index in [1.165, 1.54) is 6.42 Å². The number of nitrogens with one attached hydrogen (secondary N) is 1. The van der Waals surface area contributed by atoms with Crippen molar-refractivity contribution >= 4 is 17.6 Å². The fourth-order valence-electron chi connectivity index (χ4n) is 2.19. The topological polar surface area (TPSA) is 92.4 Å². The molecule has 0 saturated heterocycles. The molecule has 5 heteroatoms. The van der Waals surface area contributed by atoms with Crippen molar-refractivity contribution in [1.82, 2.24) is 0 Å². The molecular weight excluding hydrogens is 256 g/mol. The molecule has 0 bridgehead atoms. The fraction of sp³-hybridized carbons (Fsp3) is 0.467. The van der Waals surface area contributed by atoms with Gasteiger partial charge in [0.05, 0.1) is 5.54 Å². The molecule has 1 saturated carbocycles. The zero-order valence-corrected chi connectivity index (χ0v) is 11.8. The van der Waals surface area contributed by atoms with Crippen molar-refractivity contribution in [2.24, 2.45) is 5.73 Å². The van der Waals surface area contributed by atoms with Gasteiger partial charge in [0.2, 0.25) is 5.91 Å². The lowest BCUT2D eigenvalue weighted by atomic mass is 9.82. The van der Waals surface area contributed by atoms with Gasteiger partial charge >= 0.3 is 0 Å². The Morgan fingerprint density at radius 2 is 1.65 bits per heavy atom. The maximum absolute atomic E-state index is 12.1. The van der Waals surface area contributed by atoms with Gasteiger partial charge in [0.25, 0.3) is 5.97 Å². The number of nitrogens with two attached hydrogens (primary N) is 1. The second-order valence-corrected chi connectivity index (χ2v) is 5.06. The molecule has 0 aromatic heterocycles. The number of benzene rings is 1. The number of rotatable bonds is 2. The molecule has 1 amide bonds. The Labute approximate surface area is 119 Å². The third-order valence-corrected chi connectivity index (χ3v) is 3.23. The minimum atomic E-state index is -0.833. The fourth-order valence-corrected chi connectivity index (χ4v) is 2.19. The highest BCUT2D eigenvalue weighted by atomic mass is 16.4. The molecule has 5 nitrogen and oxygen atoms in total. The van der Waals surface area contributed by atoms with E-state index < -0.39 is 11.5 Å². The van der Waals surface area contributed by atoms with Crippen LogP contribution in [0.25, 0.3) is 0 Å². The van der Waals surface area contributed by atoms with E-state index in [4.69, 9.17) is 15.6 Å². The molecule has 0 spiro atoms. The van der Waals surface area contributed by atoms with E-state index in [-0.39, 0.29) is 5.91 Å². The summed E-state index contributed by atoms with van der Waals surface area (Å²) in [4.78, 5) is 21.1. The summed E-state index contributed by atoms with van der Waals surface area (Å²) in [5.41, 5.74) is 6.30. The highest BCUT2D eigenvalue weighted by Gasteiger charge is 2.35. The summed E-state index contributed by atoms with van der Waals surface area (Å²) in [6, 6.07) is 9.49. The van der Waals surface area contributed by atoms with Gasteiger partial charge in [-0.2, -0.15) is 0 Å². The predicted molar refractivity (Wildman–Crippen MR) is 78.4 cm³/mol. The second-order valence-electron chi connectivity index (χ2n) is 5.06. The van der Waals surface area contributed by atoms with E-state index in [0.29, 0.717) is 0 Å². The quantitative estimate of drug-likeness (QED) is 0.774. The number of aliphatic carboxylic acids is 1. The summed E-state index contributed by atoms with van der Waals surface area (Å²) in [6.45, 7) is 1.08. The minimum absolute atomic E-state index is 0.0431. The van der Waals surface area contributed by atoms with Crippen molar-refractivity contribution in [3.05, 3.63) is 30.3 Å². The number of carboxylic acids is 1. The van der Waals surface area contributed by atoms with Crippen molar-refractivity contribution in [1.29, 1.82) is 0 Å². The van der Waals surface area contributed by atoms with E-state index in [9.17, 15) is 4.79 Å². The molecule has 1 fully saturated rings. The Balaban J connectivity index is 0.000000444. The Morgan fingerprint density at radius 1 is 1.15 bits per heavy atom. The maximum Gasteiger partial charge on any atom is 0.300 e. The van der Waals surface area contributed by atoms with E-state index in [0.717, 1.165) is 38.3 Å². The van der Waals surface area contributed by atoms with Gasteiger partial charge in [-0.1, -0.05) is 37.5 Å². The Morgan fingerprint density at radius 3 is 2.15 bits per heavy atom. The number of hydrogen-bond acceptors (Lipinski definition) is 3. The minimum Gasteiger partial charge on any atom is -0.481 e. The number of para-hydroxylation sites is 1. The van der Waals surface area contributed by atoms with Crippen LogP contribution in [0.5, 0.6) is 0 Å². The predicted octanol–water partition coefficient (Wildman–Crippen LogP) is 2.38. The first-order chi connectivity index (χ1) is 9.44. The van der Waals surface area contributed by atoms with Crippen LogP contribution < -0.4 is 11.1 Å². The normalized spacial score (nSPS) is 16.5. The van der Waals surface area contributed by atoms with Crippen LogP contribution in [0.2, 0.25) is 0 Å². The smallest absolute Gasteiger partial charge is 0.300 e. The summed E-state index contributed by atoms with van der Waals surface area (Å²) >= 11 is 0. The molecule has 1 aliphatic rings. The number of carboxylic acid groups (broad SMARTS) is 1. The molecular formula is C15H22N2O3. The van der Waals surface area contributed by atoms with Gasteiger partial charge in [0.1, 0.15) is 0 Å². The summed E-state index contributed by atoms with van der Waals surface area (Å²) < 4.78 is 0. The van der Waals surface area contributed by atoms with Gasteiger partial charge in [-0.25, -0.2) is 0 Å². The number of amides is 1. The summed E-state index contributed by atoms with van der Waals surface area (Å²) in [5, 5.41) is 10.3. The SMILES string of the molecule is CC(=O)O.NC1(C(=O)Nc2ccccc2)CCCCC1. The van der Waals surface area contributed by atoms with Gasteiger partial charge in [0.15, 0.2) is 0 Å². The first-order valence-corrected chi connectivity index (χ1v) is 6.79. The van der Waals surface area contributed by atoms with Gasteiger partial charge in [-0.15, -0.1) is 0 Å². The molecule has 0 atom stereocenters. The third kappa shape index (κ3) is 5.40. The van der Waals surface area contributed by atoms with Gasteiger partial charge in [0, 0.05) is 12.6 Å². The third-order valence-electron chi connectivity index (χ3n) is 3.23. The van der Waals surface area contributed by atoms with Crippen LogP contribution >= 0.6 is 0 Å². The second kappa shape index (κ2) is 7.65. The summed E-state index contributed by atoms with van der Waals surface area (Å²) in [6.07, 6.45) is 4.90. The average molecular weight is 278 g/mol. The molecule has 1 aromatic carbocycles. The van der Waals surface area contributed by atoms with Crippen LogP contribution in [0.3, 0.4) is 0 Å². The zero-order chi connectivity index (χ0) is 15.0. The average Bonchev–Trinajstić information content (AvgIpc) is 2.40. The Bertz CT molecular complexity index is 436. The van der Waals surface area contributed by atoms with Crippen LogP contribution in [0, 0.1) is 0 Å². The van der Waals surface area contributed by atoms with Crippen LogP contribution in [0.1, 0.15) is 39.0 Å². The zero-order valence-electron chi connectivity index (χ0n) is 11.8. The molecule has 2 rings (SSSR count). The molecule has 4 N–H and O–H groups in total. The standard InChI is InChI=1S/C13H18N2O.C2H4O2/c14-13(9-5-2-6-10-13)12(16)15-11-7-3-1-4-8-11;1-2(3)4/h1,3-4,7-8H,2,5-6,9-10,14H2,(H,15,16);1H3,(H,3,4). The van der Waals surface area contributed by atoms with Crippen LogP contribution in [0.4, 0.5) is 5.69 Å². The highest BCUT2D eigenvalue weighted by Crippen LogP contribution is 2.27. The number of carbonyl (C=O) groups excluding carboxylic acids is 1. The van der Waals surface area contributed by atoms with Crippen molar-refractivity contribution in [3.8, 4) is 0 Å². The molecule has 110 valence electrons. The number of hydrogen-bond donors (Lipinski definition) is 3. The van der Waals surface area contributed by atoms with Crippen molar-refractivity contribution in [2.45, 2.75) is 44.6 Å². The van der Waals surface area contributed by atoms with E-state index in [1.807, 2.05) is 30.3 Å². The maximum atomic E-state index is 12.1. The summed E-state index contributed by atoms with van der Waals surface area (Å²) in [7, 11) is 0. The van der Waals surface area contributed by atoms with Crippen LogP contribution in [-0.2, 0) is 9.59 Å². The van der Waals surface area contributed by atoms with Gasteiger partial charge in [-0.3, -0.25) is 9.59 Å². The first kappa shape index (κ1) is 16.2. The highest BCUT2D eigenvalue weighted by molar-refractivity contribution is 5.97. The number of carbonyl (C=O) groups is 2. The van der Waals surface area contributed by atoms with Gasteiger partial charge < -0.3 is 16.2 Å². The van der Waals surface area contributed by atoms with E-state index in [2.05, 4.69) is 5.32 Å². The van der Waals surface area contributed by atoms with Gasteiger partial charge in [-0.05, 0) is 25.0 Å². The van der Waals surface area contributed by atoms with E-state index >= 15 is 0 Å². The molecule has 1 aromatic rings. The lowest BCUT2D eigenvalue weighted by Crippen LogP contribution is -2.52. The van der Waals surface area contributed by atoms with E-state index in [1.54, 1.807) is 0 Å². The molecule has 0 unspecified atom stereocenters. The summed E-state index contributed by atoms with van der Waals surface area (Å²) in [5.74, 6) is -0.876. The monoisotopic (exact) mass is 278 g/mol. The van der Waals surface area contributed by atoms with Crippen LogP contribution in [-0.4, -0.2) is 22.5 Å². The lowest BCUT2D eigenvalue weighted by molar-refractivity contribution is -0.134. The lowest BCUT2D eigenvalue weighted by Gasteiger charge is -2.31. The number of anilines is 1. The van der Waals surface area contributed by atoms with Crippen molar-refractivity contribution < 1.29 is 14.7 Å². The first-order valence-electron chi connectivity index (χ1n) is 6.79. The Kier molecular flexibility index (Phi) is 6.18. The largest absolute Gasteiger partial charge is 0.481 e. The molecule has 0 aliphatic heterocycles. The molecule has 20 heavy (non-hydrogen) atoms. The van der Waals surface area contributed by atoms with Crippen LogP contribution in [0.15, 0.2) is 30.3 Å². The van der Waals surface area contributed by atoms with Crippen molar-refractivity contribution in [2.75, 3.05) is 5.32 Å². The molecule has 1 aliphatic carbocycles. The van der Waals surface area contributed by atoms with Crippen molar-refractivity contribution in [3.63, 3.8) is 0 Å². The molecule has 0 heterocycles. The Hall–Kier alpha value is -1.88.